The maximum absolute atomic E-state index is 13.4. The molecule has 0 spiro atoms. The summed E-state index contributed by atoms with van der Waals surface area (Å²) < 4.78 is 13.4. The van der Waals surface area contributed by atoms with Crippen molar-refractivity contribution in [2.24, 2.45) is 0 Å². The number of hydrogen-bond donors (Lipinski definition) is 3. The third-order valence-corrected chi connectivity index (χ3v) is 5.99. The molecule has 0 saturated heterocycles. The molecule has 3 heterocycles. The van der Waals surface area contributed by atoms with E-state index in [-0.39, 0.29) is 5.54 Å². The molecule has 2 aromatic heterocycles. The Balaban J connectivity index is 1.59. The van der Waals surface area contributed by atoms with Crippen LogP contribution in [0.15, 0.2) is 42.7 Å². The van der Waals surface area contributed by atoms with Crippen molar-refractivity contribution in [2.45, 2.75) is 45.1 Å². The number of alkyl halides is 1. The van der Waals surface area contributed by atoms with E-state index in [9.17, 15) is 9.18 Å². The van der Waals surface area contributed by atoms with Crippen LogP contribution >= 0.6 is 0 Å². The SMILES string of the molecule is CC(C)(CF)c1cc(Nc2nc(Nc3ccc4c(c3)CCNC4(C)C)ncc2C=O)ccn1. The summed E-state index contributed by atoms with van der Waals surface area (Å²) in [7, 11) is 0. The Bertz CT molecular complexity index is 1180. The molecule has 8 heteroatoms. The van der Waals surface area contributed by atoms with E-state index >= 15 is 0 Å². The van der Waals surface area contributed by atoms with Gasteiger partial charge in [0.15, 0.2) is 6.29 Å². The van der Waals surface area contributed by atoms with Crippen molar-refractivity contribution in [3.63, 3.8) is 0 Å². The molecule has 33 heavy (non-hydrogen) atoms. The summed E-state index contributed by atoms with van der Waals surface area (Å²) >= 11 is 0. The van der Waals surface area contributed by atoms with Crippen LogP contribution in [0.3, 0.4) is 0 Å². The van der Waals surface area contributed by atoms with Crippen LogP contribution < -0.4 is 16.0 Å². The second-order valence-electron chi connectivity index (χ2n) is 9.49. The van der Waals surface area contributed by atoms with Crippen LogP contribution in [0.5, 0.6) is 0 Å². The number of aldehydes is 1. The van der Waals surface area contributed by atoms with E-state index in [4.69, 9.17) is 0 Å². The number of aromatic nitrogens is 3. The summed E-state index contributed by atoms with van der Waals surface area (Å²) in [5, 5.41) is 9.93. The molecule has 0 saturated carbocycles. The second-order valence-corrected chi connectivity index (χ2v) is 9.49. The van der Waals surface area contributed by atoms with Gasteiger partial charge in [0.2, 0.25) is 5.95 Å². The lowest BCUT2D eigenvalue weighted by molar-refractivity contribution is 0.112. The number of anilines is 4. The Kier molecular flexibility index (Phi) is 6.12. The number of nitrogens with zero attached hydrogens (tertiary/aromatic N) is 3. The van der Waals surface area contributed by atoms with Gasteiger partial charge in [-0.25, -0.2) is 4.98 Å². The zero-order valence-electron chi connectivity index (χ0n) is 19.4. The van der Waals surface area contributed by atoms with Crippen LogP contribution in [0, 0.1) is 0 Å². The zero-order chi connectivity index (χ0) is 23.6. The first-order valence-electron chi connectivity index (χ1n) is 11.0. The molecule has 0 amide bonds. The predicted octanol–water partition coefficient (Wildman–Crippen LogP) is 4.80. The summed E-state index contributed by atoms with van der Waals surface area (Å²) in [6.07, 6.45) is 4.74. The second kappa shape index (κ2) is 8.86. The van der Waals surface area contributed by atoms with Gasteiger partial charge < -0.3 is 16.0 Å². The van der Waals surface area contributed by atoms with Gasteiger partial charge in [0.05, 0.1) is 11.3 Å². The highest BCUT2D eigenvalue weighted by molar-refractivity contribution is 5.84. The molecule has 1 aromatic carbocycles. The number of halogens is 1. The molecule has 1 aliphatic rings. The van der Waals surface area contributed by atoms with Gasteiger partial charge in [-0.1, -0.05) is 19.9 Å². The van der Waals surface area contributed by atoms with Gasteiger partial charge in [0, 0.05) is 34.7 Å². The summed E-state index contributed by atoms with van der Waals surface area (Å²) in [6, 6.07) is 9.76. The molecule has 1 aliphatic heterocycles. The molecule has 4 rings (SSSR count). The highest BCUT2D eigenvalue weighted by atomic mass is 19.1. The largest absolute Gasteiger partial charge is 0.339 e. The van der Waals surface area contributed by atoms with Crippen LogP contribution in [0.2, 0.25) is 0 Å². The maximum atomic E-state index is 13.4. The number of fused-ring (bicyclic) bond motifs is 1. The van der Waals surface area contributed by atoms with Gasteiger partial charge in [-0.05, 0) is 62.2 Å². The van der Waals surface area contributed by atoms with E-state index in [1.54, 1.807) is 32.2 Å². The third-order valence-electron chi connectivity index (χ3n) is 5.99. The average molecular weight is 449 g/mol. The van der Waals surface area contributed by atoms with Crippen LogP contribution in [-0.4, -0.2) is 34.5 Å². The van der Waals surface area contributed by atoms with Gasteiger partial charge in [-0.3, -0.25) is 14.2 Å². The number of nitrogens with one attached hydrogen (secondary N) is 3. The molecule has 0 bridgehead atoms. The maximum Gasteiger partial charge on any atom is 0.229 e. The molecule has 0 atom stereocenters. The van der Waals surface area contributed by atoms with E-state index in [0.717, 1.165) is 18.7 Å². The van der Waals surface area contributed by atoms with Crippen molar-refractivity contribution in [3.8, 4) is 0 Å². The lowest BCUT2D eigenvalue weighted by Gasteiger charge is -2.34. The van der Waals surface area contributed by atoms with Crippen molar-refractivity contribution >= 4 is 29.4 Å². The molecule has 3 N–H and O–H groups in total. The zero-order valence-corrected chi connectivity index (χ0v) is 19.4. The van der Waals surface area contributed by atoms with Crippen molar-refractivity contribution in [1.82, 2.24) is 20.3 Å². The molecule has 0 aliphatic carbocycles. The first-order chi connectivity index (χ1) is 15.7. The Morgan fingerprint density at radius 1 is 1.15 bits per heavy atom. The molecule has 7 nitrogen and oxygen atoms in total. The Morgan fingerprint density at radius 3 is 2.70 bits per heavy atom. The number of hydrogen-bond acceptors (Lipinski definition) is 7. The lowest BCUT2D eigenvalue weighted by Crippen LogP contribution is -2.42. The van der Waals surface area contributed by atoms with Gasteiger partial charge in [-0.2, -0.15) is 4.98 Å². The topological polar surface area (TPSA) is 91.8 Å². The quantitative estimate of drug-likeness (QED) is 0.447. The van der Waals surface area contributed by atoms with Gasteiger partial charge in [-0.15, -0.1) is 0 Å². The minimum atomic E-state index is -0.708. The summed E-state index contributed by atoms with van der Waals surface area (Å²) in [4.78, 5) is 24.7. The predicted molar refractivity (Wildman–Crippen MR) is 128 cm³/mol. The van der Waals surface area contributed by atoms with Gasteiger partial charge >= 0.3 is 0 Å². The smallest absolute Gasteiger partial charge is 0.229 e. The molecule has 0 fully saturated rings. The standard InChI is InChI=1S/C25H29FN6O/c1-24(2,15-26)21-12-19(8-9-27-21)30-22-17(14-33)13-28-23(32-22)31-18-5-6-20-16(11-18)7-10-29-25(20,3)4/h5-6,8-9,11-14,29H,7,10,15H2,1-4H3,(H2,27,28,30,31,32). The normalized spacial score (nSPS) is 14.9. The Morgan fingerprint density at radius 2 is 1.94 bits per heavy atom. The summed E-state index contributed by atoms with van der Waals surface area (Å²) in [6.45, 7) is 8.33. The molecule has 0 radical (unpaired) electrons. The van der Waals surface area contributed by atoms with Crippen molar-refractivity contribution in [1.29, 1.82) is 0 Å². The van der Waals surface area contributed by atoms with E-state index in [1.165, 1.54) is 17.3 Å². The monoisotopic (exact) mass is 448 g/mol. The van der Waals surface area contributed by atoms with Crippen molar-refractivity contribution in [2.75, 3.05) is 23.9 Å². The van der Waals surface area contributed by atoms with Crippen LogP contribution in [0.4, 0.5) is 27.5 Å². The summed E-state index contributed by atoms with van der Waals surface area (Å²) in [5.74, 6) is 0.732. The Labute approximate surface area is 193 Å². The fourth-order valence-electron chi connectivity index (χ4n) is 3.94. The Hall–Kier alpha value is -3.39. The van der Waals surface area contributed by atoms with Crippen LogP contribution in [-0.2, 0) is 17.4 Å². The number of rotatable bonds is 7. The molecular weight excluding hydrogens is 419 g/mol. The fourth-order valence-corrected chi connectivity index (χ4v) is 3.94. The molecule has 3 aromatic rings. The number of carbonyl (C=O) groups is 1. The first-order valence-corrected chi connectivity index (χ1v) is 11.0. The lowest BCUT2D eigenvalue weighted by atomic mass is 9.85. The minimum absolute atomic E-state index is 0.0641. The third kappa shape index (κ3) is 4.85. The highest BCUT2D eigenvalue weighted by Crippen LogP contribution is 2.31. The van der Waals surface area contributed by atoms with Crippen molar-refractivity contribution < 1.29 is 9.18 Å². The molecule has 0 unspecified atom stereocenters. The molecular formula is C25H29FN6O. The highest BCUT2D eigenvalue weighted by Gasteiger charge is 2.26. The minimum Gasteiger partial charge on any atom is -0.339 e. The van der Waals surface area contributed by atoms with E-state index in [1.807, 2.05) is 6.07 Å². The van der Waals surface area contributed by atoms with Gasteiger partial charge in [0.1, 0.15) is 12.5 Å². The molecule has 172 valence electrons. The summed E-state index contributed by atoms with van der Waals surface area (Å²) in [5.41, 5.74) is 4.27. The average Bonchev–Trinajstić information content (AvgIpc) is 2.79. The number of pyridine rings is 1. The van der Waals surface area contributed by atoms with E-state index in [2.05, 4.69) is 56.9 Å². The van der Waals surface area contributed by atoms with E-state index < -0.39 is 12.1 Å². The van der Waals surface area contributed by atoms with E-state index in [0.29, 0.717) is 35.0 Å². The van der Waals surface area contributed by atoms with Gasteiger partial charge in [0.25, 0.3) is 0 Å². The number of benzene rings is 1. The van der Waals surface area contributed by atoms with Crippen LogP contribution in [0.1, 0.15) is 54.9 Å². The van der Waals surface area contributed by atoms with Crippen molar-refractivity contribution in [3.05, 3.63) is 65.1 Å². The fraction of sp³-hybridized carbons (Fsp3) is 0.360. The number of carbonyl (C=O) groups excluding carboxylic acids is 1. The van der Waals surface area contributed by atoms with Crippen LogP contribution in [0.25, 0.3) is 0 Å². The first kappa shape index (κ1) is 22.8.